The van der Waals surface area contributed by atoms with Crippen molar-refractivity contribution in [2.24, 2.45) is 0 Å². The summed E-state index contributed by atoms with van der Waals surface area (Å²) in [7, 11) is 0. The molecule has 0 aliphatic carbocycles. The highest BCUT2D eigenvalue weighted by Gasteiger charge is 2.26. The van der Waals surface area contributed by atoms with E-state index in [2.05, 4.69) is 4.90 Å². The molecule has 7 nitrogen and oxygen atoms in total. The fourth-order valence-corrected chi connectivity index (χ4v) is 3.79. The van der Waals surface area contributed by atoms with Crippen LogP contribution in [0.4, 0.5) is 0 Å². The zero-order valence-corrected chi connectivity index (χ0v) is 17.8. The maximum atomic E-state index is 13.2. The van der Waals surface area contributed by atoms with Gasteiger partial charge in [0.05, 0.1) is 25.9 Å². The Balaban J connectivity index is 1.70. The van der Waals surface area contributed by atoms with Gasteiger partial charge in [-0.05, 0) is 31.0 Å². The van der Waals surface area contributed by atoms with Gasteiger partial charge >= 0.3 is 0 Å². The molecule has 3 rings (SSSR count). The first-order chi connectivity index (χ1) is 14.5. The molecular weight excluding hydrogens is 382 g/mol. The van der Waals surface area contributed by atoms with E-state index in [0.29, 0.717) is 31.9 Å². The first-order valence-electron chi connectivity index (χ1n) is 10.5. The lowest BCUT2D eigenvalue weighted by atomic mass is 10.1. The van der Waals surface area contributed by atoms with E-state index in [1.54, 1.807) is 15.7 Å². The zero-order valence-electron chi connectivity index (χ0n) is 17.8. The van der Waals surface area contributed by atoms with Gasteiger partial charge in [0.2, 0.25) is 0 Å². The summed E-state index contributed by atoms with van der Waals surface area (Å²) in [4.78, 5) is 30.4. The van der Waals surface area contributed by atoms with E-state index in [9.17, 15) is 9.59 Å². The lowest BCUT2D eigenvalue weighted by molar-refractivity contribution is 0.0485. The van der Waals surface area contributed by atoms with Gasteiger partial charge in [0.15, 0.2) is 0 Å². The third kappa shape index (κ3) is 5.16. The number of hydrogen-bond acceptors (Lipinski definition) is 5. The van der Waals surface area contributed by atoms with Crippen LogP contribution in [0.5, 0.6) is 0 Å². The van der Waals surface area contributed by atoms with Crippen molar-refractivity contribution in [3.05, 3.63) is 69.6 Å². The number of aryl methyl sites for hydroxylation is 1. The van der Waals surface area contributed by atoms with Gasteiger partial charge in [0.25, 0.3) is 11.5 Å². The van der Waals surface area contributed by atoms with Gasteiger partial charge in [-0.25, -0.2) is 0 Å². The Morgan fingerprint density at radius 3 is 2.47 bits per heavy atom. The van der Waals surface area contributed by atoms with Crippen molar-refractivity contribution in [3.63, 3.8) is 0 Å². The molecular formula is C23H31N3O4. The van der Waals surface area contributed by atoms with E-state index < -0.39 is 0 Å². The number of pyridine rings is 1. The Hall–Kier alpha value is -2.48. The highest BCUT2D eigenvalue weighted by Crippen LogP contribution is 2.17. The molecule has 0 bridgehead atoms. The van der Waals surface area contributed by atoms with Gasteiger partial charge in [-0.3, -0.25) is 14.5 Å². The average Bonchev–Trinajstić information content (AvgIpc) is 2.77. The number of rotatable bonds is 8. The van der Waals surface area contributed by atoms with Gasteiger partial charge in [0, 0.05) is 38.9 Å². The third-order valence-electron chi connectivity index (χ3n) is 5.69. The summed E-state index contributed by atoms with van der Waals surface area (Å²) in [5.74, 6) is -0.191. The lowest BCUT2D eigenvalue weighted by Gasteiger charge is -2.34. The van der Waals surface area contributed by atoms with Crippen molar-refractivity contribution in [3.8, 4) is 0 Å². The van der Waals surface area contributed by atoms with Crippen molar-refractivity contribution in [1.82, 2.24) is 14.4 Å². The smallest absolute Gasteiger partial charge is 0.264 e. The Kier molecular flexibility index (Phi) is 7.79. The van der Waals surface area contributed by atoms with Crippen LogP contribution in [-0.2, 0) is 4.74 Å². The van der Waals surface area contributed by atoms with Crippen molar-refractivity contribution in [1.29, 1.82) is 0 Å². The van der Waals surface area contributed by atoms with Gasteiger partial charge in [-0.2, -0.15) is 0 Å². The van der Waals surface area contributed by atoms with Gasteiger partial charge < -0.3 is 19.3 Å². The minimum absolute atomic E-state index is 0.0269. The minimum atomic E-state index is -0.240. The molecule has 1 saturated heterocycles. The molecule has 1 fully saturated rings. The van der Waals surface area contributed by atoms with Crippen LogP contribution < -0.4 is 5.56 Å². The van der Waals surface area contributed by atoms with E-state index in [4.69, 9.17) is 9.84 Å². The largest absolute Gasteiger partial charge is 0.394 e. The number of nitrogens with zero attached hydrogens (tertiary/aromatic N) is 3. The third-order valence-corrected chi connectivity index (χ3v) is 5.69. The first-order valence-corrected chi connectivity index (χ1v) is 10.5. The molecule has 1 aromatic heterocycles. The van der Waals surface area contributed by atoms with Gasteiger partial charge in [0.1, 0.15) is 5.56 Å². The number of aliphatic hydroxyl groups is 1. The molecule has 1 aromatic carbocycles. The number of carbonyl (C=O) groups is 1. The highest BCUT2D eigenvalue weighted by molar-refractivity contribution is 5.95. The molecule has 1 amide bonds. The second-order valence-electron chi connectivity index (χ2n) is 7.64. The average molecular weight is 414 g/mol. The summed E-state index contributed by atoms with van der Waals surface area (Å²) in [6.45, 7) is 8.16. The van der Waals surface area contributed by atoms with Crippen molar-refractivity contribution < 1.29 is 14.6 Å². The van der Waals surface area contributed by atoms with E-state index in [0.717, 1.165) is 25.2 Å². The van der Waals surface area contributed by atoms with Crippen LogP contribution in [0, 0.1) is 6.92 Å². The number of piperazine rings is 1. The van der Waals surface area contributed by atoms with Crippen molar-refractivity contribution in [2.45, 2.75) is 19.9 Å². The van der Waals surface area contributed by atoms with E-state index in [-0.39, 0.29) is 29.7 Å². The fourth-order valence-electron chi connectivity index (χ4n) is 3.79. The second-order valence-corrected chi connectivity index (χ2v) is 7.64. The Bertz CT molecular complexity index is 889. The SMILES string of the molecule is Cc1ccn(C(C)c2ccccc2)c(=O)c1C(=O)N1CCN(CCOCCO)CC1. The summed E-state index contributed by atoms with van der Waals surface area (Å²) in [6, 6.07) is 11.5. The second kappa shape index (κ2) is 10.5. The van der Waals surface area contributed by atoms with Crippen LogP contribution >= 0.6 is 0 Å². The number of aliphatic hydroxyl groups excluding tert-OH is 1. The molecule has 1 N–H and O–H groups in total. The number of amides is 1. The molecule has 1 atom stereocenters. The van der Waals surface area contributed by atoms with Crippen LogP contribution in [0.25, 0.3) is 0 Å². The molecule has 162 valence electrons. The number of aromatic nitrogens is 1. The molecule has 1 aliphatic rings. The lowest BCUT2D eigenvalue weighted by Crippen LogP contribution is -2.50. The topological polar surface area (TPSA) is 75.0 Å². The standard InChI is InChI=1S/C23H31N3O4/c1-18-8-9-26(19(2)20-6-4-3-5-7-20)23(29)21(18)22(28)25-12-10-24(11-13-25)14-16-30-17-15-27/h3-9,19,27H,10-17H2,1-2H3. The maximum Gasteiger partial charge on any atom is 0.264 e. The molecule has 2 heterocycles. The Morgan fingerprint density at radius 1 is 1.10 bits per heavy atom. The maximum absolute atomic E-state index is 13.2. The molecule has 0 saturated carbocycles. The van der Waals surface area contributed by atoms with Crippen LogP contribution in [0.2, 0.25) is 0 Å². The van der Waals surface area contributed by atoms with Crippen LogP contribution in [0.1, 0.15) is 34.5 Å². The molecule has 2 aromatic rings. The first kappa shape index (κ1) is 22.2. The number of benzene rings is 1. The Morgan fingerprint density at radius 2 is 1.80 bits per heavy atom. The zero-order chi connectivity index (χ0) is 21.5. The summed E-state index contributed by atoms with van der Waals surface area (Å²) in [5, 5.41) is 8.76. The van der Waals surface area contributed by atoms with Crippen molar-refractivity contribution >= 4 is 5.91 Å². The summed E-state index contributed by atoms with van der Waals surface area (Å²) >= 11 is 0. The van der Waals surface area contributed by atoms with Crippen LogP contribution in [-0.4, -0.2) is 77.9 Å². The summed E-state index contributed by atoms with van der Waals surface area (Å²) in [5.41, 5.74) is 1.76. The van der Waals surface area contributed by atoms with Crippen LogP contribution in [0.15, 0.2) is 47.4 Å². The summed E-state index contributed by atoms with van der Waals surface area (Å²) < 4.78 is 6.96. The highest BCUT2D eigenvalue weighted by atomic mass is 16.5. The quantitative estimate of drug-likeness (QED) is 0.665. The number of hydrogen-bond donors (Lipinski definition) is 1. The van der Waals surface area contributed by atoms with E-state index in [1.807, 2.05) is 50.2 Å². The number of ether oxygens (including phenoxy) is 1. The Labute approximate surface area is 177 Å². The van der Waals surface area contributed by atoms with Crippen molar-refractivity contribution in [2.75, 3.05) is 52.5 Å². The predicted octanol–water partition coefficient (Wildman–Crippen LogP) is 1.53. The molecule has 7 heteroatoms. The normalized spacial score (nSPS) is 15.9. The predicted molar refractivity (Wildman–Crippen MR) is 116 cm³/mol. The monoisotopic (exact) mass is 413 g/mol. The minimum Gasteiger partial charge on any atom is -0.394 e. The molecule has 30 heavy (non-hydrogen) atoms. The van der Waals surface area contributed by atoms with Gasteiger partial charge in [-0.15, -0.1) is 0 Å². The number of carbonyl (C=O) groups excluding carboxylic acids is 1. The molecule has 1 aliphatic heterocycles. The van der Waals surface area contributed by atoms with E-state index >= 15 is 0 Å². The van der Waals surface area contributed by atoms with Gasteiger partial charge in [-0.1, -0.05) is 30.3 Å². The molecule has 0 spiro atoms. The van der Waals surface area contributed by atoms with E-state index in [1.165, 1.54) is 0 Å². The van der Waals surface area contributed by atoms with Crippen LogP contribution in [0.3, 0.4) is 0 Å². The molecule has 1 unspecified atom stereocenters. The fraction of sp³-hybridized carbons (Fsp3) is 0.478. The summed E-state index contributed by atoms with van der Waals surface area (Å²) in [6.07, 6.45) is 1.77. The molecule has 0 radical (unpaired) electrons.